The Balaban J connectivity index is 1.48. The van der Waals surface area contributed by atoms with Gasteiger partial charge in [-0.3, -0.25) is 9.59 Å². The molecule has 0 heterocycles. The number of nitrogens with one attached hydrogen (secondary N) is 2. The Kier molecular flexibility index (Phi) is 6.52. The summed E-state index contributed by atoms with van der Waals surface area (Å²) in [6.45, 7) is 0. The summed E-state index contributed by atoms with van der Waals surface area (Å²) in [6.07, 6.45) is 0. The predicted molar refractivity (Wildman–Crippen MR) is 130 cm³/mol. The van der Waals surface area contributed by atoms with Crippen LogP contribution in [0, 0.1) is 0 Å². The zero-order valence-corrected chi connectivity index (χ0v) is 19.0. The second-order valence-corrected chi connectivity index (χ2v) is 9.44. The van der Waals surface area contributed by atoms with Crippen molar-refractivity contribution in [1.82, 2.24) is 0 Å². The summed E-state index contributed by atoms with van der Waals surface area (Å²) < 4.78 is 26.0. The molecule has 9 heteroatoms. The Morgan fingerprint density at radius 3 is 1.23 bits per heavy atom. The number of anilines is 2. The van der Waals surface area contributed by atoms with E-state index in [9.17, 15) is 28.2 Å². The number of para-hydroxylation sites is 4. The van der Waals surface area contributed by atoms with Crippen LogP contribution < -0.4 is 10.6 Å². The molecule has 4 aromatic rings. The van der Waals surface area contributed by atoms with Crippen molar-refractivity contribution in [2.45, 2.75) is 9.79 Å². The van der Waals surface area contributed by atoms with Crippen LogP contribution in [0.3, 0.4) is 0 Å². The van der Waals surface area contributed by atoms with Crippen molar-refractivity contribution in [2.24, 2.45) is 0 Å². The SMILES string of the molecule is O=C(Nc1ccccc1O)c1ccc(S(=O)(=O)c2ccc(C(=O)Nc3ccccc3O)cc2)cc1. The third-order valence-corrected chi connectivity index (χ3v) is 6.94. The van der Waals surface area contributed by atoms with Crippen molar-refractivity contribution in [3.63, 3.8) is 0 Å². The fraction of sp³-hybridized carbons (Fsp3) is 0. The maximum absolute atomic E-state index is 13.0. The molecule has 0 bridgehead atoms. The molecule has 0 radical (unpaired) electrons. The minimum Gasteiger partial charge on any atom is -0.506 e. The number of aromatic hydroxyl groups is 2. The normalized spacial score (nSPS) is 11.0. The minimum atomic E-state index is -3.90. The van der Waals surface area contributed by atoms with E-state index in [-0.39, 0.29) is 43.8 Å². The molecule has 4 rings (SSSR count). The molecule has 0 aliphatic carbocycles. The molecule has 0 aliphatic heterocycles. The number of hydrogen-bond donors (Lipinski definition) is 4. The maximum atomic E-state index is 13.0. The second-order valence-electron chi connectivity index (χ2n) is 7.49. The predicted octanol–water partition coefficient (Wildman–Crippen LogP) is 4.44. The van der Waals surface area contributed by atoms with Crippen molar-refractivity contribution >= 4 is 33.0 Å². The van der Waals surface area contributed by atoms with E-state index < -0.39 is 21.7 Å². The van der Waals surface area contributed by atoms with Gasteiger partial charge < -0.3 is 20.8 Å². The third-order valence-electron chi connectivity index (χ3n) is 5.16. The maximum Gasteiger partial charge on any atom is 0.255 e. The Hall–Kier alpha value is -4.63. The number of hydrogen-bond acceptors (Lipinski definition) is 6. The van der Waals surface area contributed by atoms with Gasteiger partial charge in [0, 0.05) is 11.1 Å². The zero-order chi connectivity index (χ0) is 25.0. The molecule has 35 heavy (non-hydrogen) atoms. The first-order chi connectivity index (χ1) is 16.8. The first-order valence-electron chi connectivity index (χ1n) is 10.4. The summed E-state index contributed by atoms with van der Waals surface area (Å²) in [4.78, 5) is 24.8. The Bertz CT molecular complexity index is 1390. The lowest BCUT2D eigenvalue weighted by Crippen LogP contribution is -2.13. The third kappa shape index (κ3) is 5.15. The minimum absolute atomic E-state index is 0.0250. The summed E-state index contributed by atoms with van der Waals surface area (Å²) in [5.74, 6) is -1.18. The van der Waals surface area contributed by atoms with E-state index in [0.29, 0.717) is 0 Å². The number of benzene rings is 4. The van der Waals surface area contributed by atoms with Crippen LogP contribution in [0.2, 0.25) is 0 Å². The standard InChI is InChI=1S/C26H20N2O6S/c29-23-7-3-1-5-21(23)27-25(31)17-9-13-19(14-10-17)35(33,34)20-15-11-18(12-16-20)26(32)28-22-6-2-4-8-24(22)30/h1-16,29-30H,(H,27,31)(H,28,32). The van der Waals surface area contributed by atoms with Crippen LogP contribution in [0.25, 0.3) is 0 Å². The molecule has 4 aromatic carbocycles. The van der Waals surface area contributed by atoms with Gasteiger partial charge >= 0.3 is 0 Å². The monoisotopic (exact) mass is 488 g/mol. The molecular weight excluding hydrogens is 468 g/mol. The largest absolute Gasteiger partial charge is 0.506 e. The number of amides is 2. The Morgan fingerprint density at radius 2 is 0.886 bits per heavy atom. The number of phenolic OH excluding ortho intramolecular Hbond substituents is 2. The Labute approximate surface area is 201 Å². The Morgan fingerprint density at radius 1 is 0.543 bits per heavy atom. The van der Waals surface area contributed by atoms with Gasteiger partial charge in [-0.1, -0.05) is 24.3 Å². The van der Waals surface area contributed by atoms with Crippen LogP contribution in [-0.2, 0) is 9.84 Å². The quantitative estimate of drug-likeness (QED) is 0.297. The topological polar surface area (TPSA) is 133 Å². The highest BCUT2D eigenvalue weighted by Crippen LogP contribution is 2.25. The van der Waals surface area contributed by atoms with E-state index in [2.05, 4.69) is 10.6 Å². The lowest BCUT2D eigenvalue weighted by Gasteiger charge is -2.09. The van der Waals surface area contributed by atoms with E-state index in [0.717, 1.165) is 0 Å². The molecule has 0 unspecified atom stereocenters. The fourth-order valence-corrected chi connectivity index (χ4v) is 4.52. The summed E-state index contributed by atoms with van der Waals surface area (Å²) in [5, 5.41) is 24.7. The van der Waals surface area contributed by atoms with Crippen molar-refractivity contribution in [1.29, 1.82) is 0 Å². The van der Waals surface area contributed by atoms with E-state index >= 15 is 0 Å². The van der Waals surface area contributed by atoms with Gasteiger partial charge in [-0.2, -0.15) is 0 Å². The second kappa shape index (κ2) is 9.70. The van der Waals surface area contributed by atoms with Gasteiger partial charge in [-0.25, -0.2) is 8.42 Å². The van der Waals surface area contributed by atoms with E-state index in [1.807, 2.05) is 0 Å². The molecule has 0 saturated carbocycles. The number of rotatable bonds is 6. The number of carbonyl (C=O) groups excluding carboxylic acids is 2. The van der Waals surface area contributed by atoms with E-state index in [1.165, 1.54) is 60.7 Å². The molecule has 2 amide bonds. The highest BCUT2D eigenvalue weighted by atomic mass is 32.2. The molecule has 176 valence electrons. The fourth-order valence-electron chi connectivity index (χ4n) is 3.25. The van der Waals surface area contributed by atoms with Gasteiger partial charge in [-0.05, 0) is 72.8 Å². The molecule has 0 aromatic heterocycles. The molecule has 0 saturated heterocycles. The number of phenols is 2. The highest BCUT2D eigenvalue weighted by molar-refractivity contribution is 7.91. The van der Waals surface area contributed by atoms with Gasteiger partial charge in [0.05, 0.1) is 21.2 Å². The highest BCUT2D eigenvalue weighted by Gasteiger charge is 2.19. The molecule has 0 spiro atoms. The van der Waals surface area contributed by atoms with Crippen LogP contribution in [0.4, 0.5) is 11.4 Å². The molecule has 0 aliphatic rings. The van der Waals surface area contributed by atoms with E-state index in [4.69, 9.17) is 0 Å². The summed E-state index contributed by atoms with van der Waals surface area (Å²) in [7, 11) is -3.90. The van der Waals surface area contributed by atoms with E-state index in [1.54, 1.807) is 36.4 Å². The van der Waals surface area contributed by atoms with Crippen LogP contribution in [-0.4, -0.2) is 30.4 Å². The van der Waals surface area contributed by atoms with Crippen LogP contribution in [0.15, 0.2) is 107 Å². The van der Waals surface area contributed by atoms with Gasteiger partial charge in [0.2, 0.25) is 9.84 Å². The van der Waals surface area contributed by atoms with Gasteiger partial charge in [0.25, 0.3) is 11.8 Å². The summed E-state index contributed by atoms with van der Waals surface area (Å²) in [6, 6.07) is 23.3. The summed E-state index contributed by atoms with van der Waals surface area (Å²) in [5.41, 5.74) is 0.897. The van der Waals surface area contributed by atoms with Crippen LogP contribution in [0.5, 0.6) is 11.5 Å². The number of sulfone groups is 1. The van der Waals surface area contributed by atoms with Crippen LogP contribution in [0.1, 0.15) is 20.7 Å². The summed E-state index contributed by atoms with van der Waals surface area (Å²) >= 11 is 0. The molecular formula is C26H20N2O6S. The first kappa shape index (κ1) is 23.5. The van der Waals surface area contributed by atoms with Gasteiger partial charge in [0.15, 0.2) is 0 Å². The lowest BCUT2D eigenvalue weighted by atomic mass is 10.2. The van der Waals surface area contributed by atoms with Gasteiger partial charge in [0.1, 0.15) is 11.5 Å². The van der Waals surface area contributed by atoms with Crippen molar-refractivity contribution in [3.05, 3.63) is 108 Å². The lowest BCUT2D eigenvalue weighted by molar-refractivity contribution is 0.101. The molecule has 0 atom stereocenters. The molecule has 0 fully saturated rings. The zero-order valence-electron chi connectivity index (χ0n) is 18.2. The molecule has 8 nitrogen and oxygen atoms in total. The average molecular weight is 489 g/mol. The van der Waals surface area contributed by atoms with Crippen molar-refractivity contribution in [3.8, 4) is 11.5 Å². The van der Waals surface area contributed by atoms with Gasteiger partial charge in [-0.15, -0.1) is 0 Å². The average Bonchev–Trinajstić information content (AvgIpc) is 2.87. The smallest absolute Gasteiger partial charge is 0.255 e. The molecule has 4 N–H and O–H groups in total. The first-order valence-corrected chi connectivity index (χ1v) is 11.9. The van der Waals surface area contributed by atoms with Crippen LogP contribution >= 0.6 is 0 Å². The van der Waals surface area contributed by atoms with Crippen molar-refractivity contribution in [2.75, 3.05) is 10.6 Å². The number of carbonyl (C=O) groups is 2. The van der Waals surface area contributed by atoms with Crippen molar-refractivity contribution < 1.29 is 28.2 Å².